The van der Waals surface area contributed by atoms with E-state index in [4.69, 9.17) is 15.9 Å². The van der Waals surface area contributed by atoms with Crippen molar-refractivity contribution in [1.82, 2.24) is 21.3 Å². The van der Waals surface area contributed by atoms with Gasteiger partial charge >= 0.3 is 0 Å². The van der Waals surface area contributed by atoms with Crippen LogP contribution in [0.3, 0.4) is 0 Å². The summed E-state index contributed by atoms with van der Waals surface area (Å²) in [4.78, 5) is 51.8. The molecule has 13 nitrogen and oxygen atoms in total. The number of phenols is 1. The van der Waals surface area contributed by atoms with Crippen LogP contribution in [0.1, 0.15) is 56.0 Å². The number of aromatic hydroxyl groups is 1. The summed E-state index contributed by atoms with van der Waals surface area (Å²) < 4.78 is 5.29. The zero-order chi connectivity index (χ0) is 29.3. The van der Waals surface area contributed by atoms with E-state index >= 15 is 0 Å². The quantitative estimate of drug-likeness (QED) is 0.0608. The van der Waals surface area contributed by atoms with Crippen LogP contribution in [0, 0.1) is 18.3 Å². The second-order valence-electron chi connectivity index (χ2n) is 10.3. The number of ketones is 1. The van der Waals surface area contributed by atoms with Crippen LogP contribution in [0.25, 0.3) is 0 Å². The van der Waals surface area contributed by atoms with E-state index in [9.17, 15) is 29.4 Å². The number of Topliss-reactive ketones (excluding diaryl/α,β-unsaturated/α-hetero) is 1. The molecular weight excluding hydrogens is 508 g/mol. The standard InChI is InChI=1S/C26H40N6O7/c1-14(2)21(32-22(36)16-7-5-9-19(34)15(16)3)24(38)31-18(12-33)23(37)30-17(8-6-10-29-25(27)28)20(35)11-26(4)13-39-26/h5,7,9,14,17-18,21,33-34H,6,8,10-13H2,1-4H3,(H,30,37)(H,31,38)(H,32,36)(H4,27,28,29)/t17-,18-,21-,26-/m0/s1. The zero-order valence-corrected chi connectivity index (χ0v) is 22.8. The molecule has 1 aromatic carbocycles. The van der Waals surface area contributed by atoms with E-state index in [0.29, 0.717) is 25.1 Å². The number of rotatable bonds is 15. The van der Waals surface area contributed by atoms with Crippen LogP contribution >= 0.6 is 0 Å². The molecular formula is C26H40N6O7. The molecule has 1 fully saturated rings. The topological polar surface area (TPSA) is 219 Å². The average Bonchev–Trinajstić information content (AvgIpc) is 3.59. The number of ether oxygens (including phenoxy) is 1. The summed E-state index contributed by atoms with van der Waals surface area (Å²) >= 11 is 0. The Balaban J connectivity index is 2.07. The highest BCUT2D eigenvalue weighted by atomic mass is 16.6. The van der Waals surface area contributed by atoms with Crippen LogP contribution < -0.4 is 27.0 Å². The molecule has 0 bridgehead atoms. The highest BCUT2D eigenvalue weighted by Gasteiger charge is 2.43. The highest BCUT2D eigenvalue weighted by Crippen LogP contribution is 2.30. The van der Waals surface area contributed by atoms with E-state index in [0.717, 1.165) is 0 Å². The van der Waals surface area contributed by atoms with E-state index in [2.05, 4.69) is 21.3 Å². The van der Waals surface area contributed by atoms with Gasteiger partial charge in [0.25, 0.3) is 5.91 Å². The van der Waals surface area contributed by atoms with Gasteiger partial charge in [-0.1, -0.05) is 19.9 Å². The van der Waals surface area contributed by atoms with Crippen molar-refractivity contribution in [2.24, 2.45) is 11.7 Å². The lowest BCUT2D eigenvalue weighted by molar-refractivity contribution is -0.133. The zero-order valence-electron chi connectivity index (χ0n) is 22.8. The van der Waals surface area contributed by atoms with Crippen LogP contribution in [0.2, 0.25) is 0 Å². The van der Waals surface area contributed by atoms with Gasteiger partial charge in [0.05, 0.1) is 24.9 Å². The molecule has 3 amide bonds. The van der Waals surface area contributed by atoms with Crippen molar-refractivity contribution in [1.29, 1.82) is 5.41 Å². The number of aliphatic hydroxyl groups is 1. The Morgan fingerprint density at radius 2 is 1.77 bits per heavy atom. The predicted octanol–water partition coefficient (Wildman–Crippen LogP) is -0.572. The van der Waals surface area contributed by atoms with Gasteiger partial charge in [-0.05, 0) is 44.7 Å². The second-order valence-corrected chi connectivity index (χ2v) is 10.3. The first-order chi connectivity index (χ1) is 18.3. The summed E-state index contributed by atoms with van der Waals surface area (Å²) in [5.74, 6) is -2.95. The third-order valence-corrected chi connectivity index (χ3v) is 6.48. The van der Waals surface area contributed by atoms with Crippen molar-refractivity contribution < 1.29 is 34.1 Å². The Kier molecular flexibility index (Phi) is 11.2. The predicted molar refractivity (Wildman–Crippen MR) is 143 cm³/mol. The molecule has 0 aliphatic carbocycles. The number of nitrogens with one attached hydrogen (secondary N) is 5. The summed E-state index contributed by atoms with van der Waals surface area (Å²) in [5.41, 5.74) is 5.26. The number of carbonyl (C=O) groups excluding carboxylic acids is 4. The number of aliphatic hydroxyl groups excluding tert-OH is 1. The number of phenolic OH excluding ortho intramolecular Hbond substituents is 1. The Morgan fingerprint density at radius 3 is 2.33 bits per heavy atom. The number of carbonyl (C=O) groups is 4. The number of epoxide rings is 1. The van der Waals surface area contributed by atoms with Gasteiger partial charge < -0.3 is 42.0 Å². The van der Waals surface area contributed by atoms with Gasteiger partial charge in [0.2, 0.25) is 11.8 Å². The fourth-order valence-electron chi connectivity index (χ4n) is 3.91. The number of hydrogen-bond donors (Lipinski definition) is 8. The monoisotopic (exact) mass is 548 g/mol. The fraction of sp³-hybridized carbons (Fsp3) is 0.577. The van der Waals surface area contributed by atoms with E-state index in [-0.39, 0.29) is 41.8 Å². The number of guanidine groups is 1. The molecule has 0 unspecified atom stereocenters. The number of hydrogen-bond acceptors (Lipinski definition) is 8. The smallest absolute Gasteiger partial charge is 0.252 e. The Morgan fingerprint density at radius 1 is 1.13 bits per heavy atom. The normalized spacial score (nSPS) is 18.4. The minimum absolute atomic E-state index is 0.0615. The van der Waals surface area contributed by atoms with E-state index in [1.807, 2.05) is 0 Å². The first-order valence-electron chi connectivity index (χ1n) is 12.8. The lowest BCUT2D eigenvalue weighted by atomic mass is 9.97. The van der Waals surface area contributed by atoms with Crippen molar-refractivity contribution in [2.45, 2.75) is 70.7 Å². The Labute approximate surface area is 227 Å². The largest absolute Gasteiger partial charge is 0.508 e. The molecule has 216 valence electrons. The van der Waals surface area contributed by atoms with Crippen LogP contribution in [0.4, 0.5) is 0 Å². The lowest BCUT2D eigenvalue weighted by Crippen LogP contribution is -2.58. The van der Waals surface area contributed by atoms with Gasteiger partial charge in [0.15, 0.2) is 11.7 Å². The number of benzene rings is 1. The molecule has 0 aromatic heterocycles. The first-order valence-corrected chi connectivity index (χ1v) is 12.8. The maximum absolute atomic E-state index is 13.1. The van der Waals surface area contributed by atoms with E-state index in [1.54, 1.807) is 27.7 Å². The summed E-state index contributed by atoms with van der Waals surface area (Å²) in [6, 6.07) is 1.13. The SMILES string of the molecule is Cc1c(O)cccc1C(=O)N[C@H](C(=O)N[C@@H](CO)C(=O)N[C@@H](CCCNC(=N)N)C(=O)C[C@@]1(C)CO1)C(C)C. The molecule has 0 saturated carbocycles. The Bertz CT molecular complexity index is 1070. The summed E-state index contributed by atoms with van der Waals surface area (Å²) in [5, 5.41) is 37.3. The number of amides is 3. The van der Waals surface area contributed by atoms with Gasteiger partial charge in [-0.15, -0.1) is 0 Å². The molecule has 9 N–H and O–H groups in total. The second kappa shape index (κ2) is 13.9. The Hall–Kier alpha value is -3.71. The van der Waals surface area contributed by atoms with Gasteiger partial charge in [-0.25, -0.2) is 0 Å². The molecule has 1 heterocycles. The van der Waals surface area contributed by atoms with Gasteiger partial charge in [0, 0.05) is 24.1 Å². The molecule has 1 aliphatic heterocycles. The first kappa shape index (κ1) is 31.5. The van der Waals surface area contributed by atoms with E-state index in [1.165, 1.54) is 18.2 Å². The lowest BCUT2D eigenvalue weighted by Gasteiger charge is -2.26. The third kappa shape index (κ3) is 9.52. The molecule has 1 aromatic rings. The maximum Gasteiger partial charge on any atom is 0.252 e. The number of nitrogens with two attached hydrogens (primary N) is 1. The van der Waals surface area contributed by atoms with E-state index < -0.39 is 48.1 Å². The van der Waals surface area contributed by atoms with Crippen LogP contribution in [-0.4, -0.2) is 83.2 Å². The van der Waals surface area contributed by atoms with Gasteiger partial charge in [-0.3, -0.25) is 24.6 Å². The van der Waals surface area contributed by atoms with Crippen molar-refractivity contribution in [2.75, 3.05) is 19.8 Å². The summed E-state index contributed by atoms with van der Waals surface area (Å²) in [6.45, 7) is 6.79. The summed E-state index contributed by atoms with van der Waals surface area (Å²) in [6.07, 6.45) is 0.741. The summed E-state index contributed by atoms with van der Waals surface area (Å²) in [7, 11) is 0. The van der Waals surface area contributed by atoms with Gasteiger partial charge in [-0.2, -0.15) is 0 Å². The van der Waals surface area contributed by atoms with Crippen molar-refractivity contribution >= 4 is 29.5 Å². The molecule has 1 saturated heterocycles. The van der Waals surface area contributed by atoms with Crippen molar-refractivity contribution in [3.63, 3.8) is 0 Å². The minimum atomic E-state index is -1.38. The molecule has 2 rings (SSSR count). The maximum atomic E-state index is 13.1. The molecule has 1 aliphatic rings. The third-order valence-electron chi connectivity index (χ3n) is 6.48. The fourth-order valence-corrected chi connectivity index (χ4v) is 3.91. The van der Waals surface area contributed by atoms with Crippen molar-refractivity contribution in [3.05, 3.63) is 29.3 Å². The van der Waals surface area contributed by atoms with Crippen LogP contribution in [0.5, 0.6) is 5.75 Å². The van der Waals surface area contributed by atoms with Crippen LogP contribution in [-0.2, 0) is 19.1 Å². The minimum Gasteiger partial charge on any atom is -0.508 e. The van der Waals surface area contributed by atoms with Gasteiger partial charge in [0.1, 0.15) is 17.8 Å². The average molecular weight is 549 g/mol. The highest BCUT2D eigenvalue weighted by molar-refractivity contribution is 6.00. The molecule has 0 radical (unpaired) electrons. The van der Waals surface area contributed by atoms with Crippen molar-refractivity contribution in [3.8, 4) is 5.75 Å². The molecule has 0 spiro atoms. The van der Waals surface area contributed by atoms with Crippen LogP contribution in [0.15, 0.2) is 18.2 Å². The molecule has 4 atom stereocenters. The molecule has 13 heteroatoms. The molecule has 39 heavy (non-hydrogen) atoms.